The van der Waals surface area contributed by atoms with Gasteiger partial charge < -0.3 is 10.2 Å². The monoisotopic (exact) mass is 196 g/mol. The zero-order valence-corrected chi connectivity index (χ0v) is 7.85. The van der Waals surface area contributed by atoms with Crippen molar-refractivity contribution in [2.45, 2.75) is 0 Å². The Bertz CT molecular complexity index is 372. The Morgan fingerprint density at radius 1 is 1.54 bits per heavy atom. The number of likely N-dealkylation sites (N-methyl/N-ethyl adjacent to an activating group) is 1. The maximum atomic E-state index is 11.4. The van der Waals surface area contributed by atoms with Gasteiger partial charge in [-0.25, -0.2) is 0 Å². The second-order valence-electron chi connectivity index (χ2n) is 2.77. The van der Waals surface area contributed by atoms with Gasteiger partial charge in [-0.3, -0.25) is 9.59 Å². The van der Waals surface area contributed by atoms with Crippen molar-refractivity contribution in [1.82, 2.24) is 5.32 Å². The van der Waals surface area contributed by atoms with Gasteiger partial charge in [0.2, 0.25) is 5.91 Å². The number of amides is 2. The minimum absolute atomic E-state index is 0.0801. The molecule has 2 heterocycles. The van der Waals surface area contributed by atoms with Gasteiger partial charge in [-0.1, -0.05) is 0 Å². The lowest BCUT2D eigenvalue weighted by Gasteiger charge is -2.12. The molecule has 0 aromatic carbocycles. The number of hydrogen-bond donors (Lipinski definition) is 1. The van der Waals surface area contributed by atoms with Crippen LogP contribution >= 0.6 is 11.3 Å². The highest BCUT2D eigenvalue weighted by molar-refractivity contribution is 7.12. The standard InChI is InChI=1S/C8H8N2O2S/c1-10-5-2-3-13-7(5)8(12)9-4-6(10)11/h2-3H,4H2,1H3,(H,9,12). The second kappa shape index (κ2) is 2.85. The number of nitrogens with one attached hydrogen (secondary N) is 1. The molecule has 0 atom stereocenters. The Labute approximate surface area is 79.2 Å². The van der Waals surface area contributed by atoms with E-state index in [0.717, 1.165) is 0 Å². The number of hydrogen-bond acceptors (Lipinski definition) is 3. The molecular formula is C8H8N2O2S. The van der Waals surface area contributed by atoms with E-state index in [4.69, 9.17) is 0 Å². The van der Waals surface area contributed by atoms with Crippen molar-refractivity contribution in [1.29, 1.82) is 0 Å². The van der Waals surface area contributed by atoms with Gasteiger partial charge in [0.25, 0.3) is 5.91 Å². The molecule has 1 aromatic heterocycles. The molecule has 2 amide bonds. The molecule has 13 heavy (non-hydrogen) atoms. The van der Waals surface area contributed by atoms with Crippen LogP contribution in [0.3, 0.4) is 0 Å². The van der Waals surface area contributed by atoms with Crippen LogP contribution in [-0.2, 0) is 4.79 Å². The highest BCUT2D eigenvalue weighted by atomic mass is 32.1. The first kappa shape index (κ1) is 8.25. The normalized spacial score (nSPS) is 16.5. The first-order valence-electron chi connectivity index (χ1n) is 3.82. The van der Waals surface area contributed by atoms with Crippen molar-refractivity contribution in [3.05, 3.63) is 16.3 Å². The SMILES string of the molecule is CN1C(=O)CNC(=O)c2sccc21. The molecule has 1 aliphatic heterocycles. The summed E-state index contributed by atoms with van der Waals surface area (Å²) < 4.78 is 0. The third-order valence-corrected chi connectivity index (χ3v) is 2.89. The summed E-state index contributed by atoms with van der Waals surface area (Å²) in [4.78, 5) is 24.8. The van der Waals surface area contributed by atoms with Crippen LogP contribution < -0.4 is 10.2 Å². The Hall–Kier alpha value is -1.36. The molecule has 0 saturated carbocycles. The fourth-order valence-corrected chi connectivity index (χ4v) is 2.06. The smallest absolute Gasteiger partial charge is 0.263 e. The van der Waals surface area contributed by atoms with E-state index in [2.05, 4.69) is 5.32 Å². The summed E-state index contributed by atoms with van der Waals surface area (Å²) in [6, 6.07) is 1.78. The maximum Gasteiger partial charge on any atom is 0.263 e. The number of rotatable bonds is 0. The number of anilines is 1. The number of thiophene rings is 1. The van der Waals surface area contributed by atoms with Crippen LogP contribution in [0.4, 0.5) is 5.69 Å². The Balaban J connectivity index is 2.52. The molecule has 1 aromatic rings. The van der Waals surface area contributed by atoms with Gasteiger partial charge >= 0.3 is 0 Å². The lowest BCUT2D eigenvalue weighted by molar-refractivity contribution is -0.117. The zero-order chi connectivity index (χ0) is 9.42. The number of nitrogens with zero attached hydrogens (tertiary/aromatic N) is 1. The fraction of sp³-hybridized carbons (Fsp3) is 0.250. The van der Waals surface area contributed by atoms with Crippen LogP contribution in [0.5, 0.6) is 0 Å². The molecular weight excluding hydrogens is 188 g/mol. The van der Waals surface area contributed by atoms with E-state index >= 15 is 0 Å². The summed E-state index contributed by atoms with van der Waals surface area (Å²) in [6.07, 6.45) is 0. The van der Waals surface area contributed by atoms with E-state index in [0.29, 0.717) is 10.6 Å². The van der Waals surface area contributed by atoms with Crippen molar-refractivity contribution >= 4 is 28.8 Å². The Kier molecular flexibility index (Phi) is 1.81. The molecule has 2 rings (SSSR count). The molecule has 1 N–H and O–H groups in total. The lowest BCUT2D eigenvalue weighted by Crippen LogP contribution is -2.33. The third-order valence-electron chi connectivity index (χ3n) is 1.99. The molecule has 5 heteroatoms. The molecule has 0 radical (unpaired) electrons. The van der Waals surface area contributed by atoms with Gasteiger partial charge in [0.15, 0.2) is 0 Å². The van der Waals surface area contributed by atoms with Crippen molar-refractivity contribution < 1.29 is 9.59 Å². The van der Waals surface area contributed by atoms with Crippen molar-refractivity contribution in [3.8, 4) is 0 Å². The predicted molar refractivity (Wildman–Crippen MR) is 50.1 cm³/mol. The van der Waals surface area contributed by atoms with Crippen molar-refractivity contribution in [3.63, 3.8) is 0 Å². The van der Waals surface area contributed by atoms with Crippen LogP contribution in [0, 0.1) is 0 Å². The molecule has 0 fully saturated rings. The molecule has 0 bridgehead atoms. The van der Waals surface area contributed by atoms with Crippen LogP contribution in [0.15, 0.2) is 11.4 Å². The van der Waals surface area contributed by atoms with Gasteiger partial charge in [0, 0.05) is 7.05 Å². The molecule has 1 aliphatic rings. The highest BCUT2D eigenvalue weighted by Crippen LogP contribution is 2.26. The minimum Gasteiger partial charge on any atom is -0.342 e. The van der Waals surface area contributed by atoms with E-state index in [9.17, 15) is 9.59 Å². The number of carbonyl (C=O) groups excluding carboxylic acids is 2. The summed E-state index contributed by atoms with van der Waals surface area (Å²) in [6.45, 7) is 0.0801. The molecule has 0 aliphatic carbocycles. The summed E-state index contributed by atoms with van der Waals surface area (Å²) in [5, 5.41) is 4.35. The third kappa shape index (κ3) is 1.21. The topological polar surface area (TPSA) is 49.4 Å². The summed E-state index contributed by atoms with van der Waals surface area (Å²) in [5.41, 5.74) is 0.699. The Morgan fingerprint density at radius 3 is 3.08 bits per heavy atom. The average Bonchev–Trinajstić information content (AvgIpc) is 2.57. The number of carbonyl (C=O) groups is 2. The largest absolute Gasteiger partial charge is 0.342 e. The quantitative estimate of drug-likeness (QED) is 0.655. The van der Waals surface area contributed by atoms with E-state index < -0.39 is 0 Å². The van der Waals surface area contributed by atoms with Gasteiger partial charge in [0.1, 0.15) is 4.88 Å². The number of fused-ring (bicyclic) bond motifs is 1. The summed E-state index contributed by atoms with van der Waals surface area (Å²) in [7, 11) is 1.67. The first-order valence-corrected chi connectivity index (χ1v) is 4.70. The molecule has 4 nitrogen and oxygen atoms in total. The minimum atomic E-state index is -0.164. The lowest BCUT2D eigenvalue weighted by atomic mass is 10.3. The van der Waals surface area contributed by atoms with Crippen LogP contribution in [0.25, 0.3) is 0 Å². The maximum absolute atomic E-state index is 11.4. The van der Waals surface area contributed by atoms with E-state index in [-0.39, 0.29) is 18.4 Å². The summed E-state index contributed by atoms with van der Waals surface area (Å²) >= 11 is 1.35. The van der Waals surface area contributed by atoms with E-state index in [1.54, 1.807) is 18.5 Å². The second-order valence-corrected chi connectivity index (χ2v) is 3.69. The molecule has 0 saturated heterocycles. The first-order chi connectivity index (χ1) is 6.20. The summed E-state index contributed by atoms with van der Waals surface area (Å²) in [5.74, 6) is -0.256. The highest BCUT2D eigenvalue weighted by Gasteiger charge is 2.24. The van der Waals surface area contributed by atoms with Crippen molar-refractivity contribution in [2.24, 2.45) is 0 Å². The molecule has 0 unspecified atom stereocenters. The predicted octanol–water partition coefficient (Wildman–Crippen LogP) is 0.454. The van der Waals surface area contributed by atoms with Gasteiger partial charge in [-0.2, -0.15) is 0 Å². The van der Waals surface area contributed by atoms with Crippen molar-refractivity contribution in [2.75, 3.05) is 18.5 Å². The van der Waals surface area contributed by atoms with E-state index in [1.807, 2.05) is 0 Å². The molecule has 0 spiro atoms. The zero-order valence-electron chi connectivity index (χ0n) is 7.03. The van der Waals surface area contributed by atoms with Crippen LogP contribution in [-0.4, -0.2) is 25.4 Å². The van der Waals surface area contributed by atoms with E-state index in [1.165, 1.54) is 16.2 Å². The van der Waals surface area contributed by atoms with Gasteiger partial charge in [0.05, 0.1) is 12.2 Å². The van der Waals surface area contributed by atoms with Gasteiger partial charge in [-0.15, -0.1) is 11.3 Å². The van der Waals surface area contributed by atoms with Gasteiger partial charge in [-0.05, 0) is 11.4 Å². The average molecular weight is 196 g/mol. The van der Waals surface area contributed by atoms with Crippen LogP contribution in [0.1, 0.15) is 9.67 Å². The Morgan fingerprint density at radius 2 is 2.31 bits per heavy atom. The molecule has 68 valence electrons. The van der Waals surface area contributed by atoms with Crippen LogP contribution in [0.2, 0.25) is 0 Å². The fourth-order valence-electron chi connectivity index (χ4n) is 1.23.